The molecule has 2 N–H and O–H groups in total. The van der Waals surface area contributed by atoms with Gasteiger partial charge in [-0.3, -0.25) is 4.79 Å². The van der Waals surface area contributed by atoms with Gasteiger partial charge >= 0.3 is 12.0 Å². The first-order chi connectivity index (χ1) is 7.97. The van der Waals surface area contributed by atoms with Gasteiger partial charge in [0, 0.05) is 19.1 Å². The molecule has 0 aromatic carbocycles. The van der Waals surface area contributed by atoms with Crippen molar-refractivity contribution >= 4 is 12.0 Å². The molecule has 0 heterocycles. The highest BCUT2D eigenvalue weighted by Gasteiger charge is 2.34. The number of carboxylic acids is 1. The van der Waals surface area contributed by atoms with Gasteiger partial charge in [0.2, 0.25) is 0 Å². The molecular weight excluding hydrogens is 220 g/mol. The molecule has 0 aliphatic heterocycles. The summed E-state index contributed by atoms with van der Waals surface area (Å²) < 4.78 is 0. The second-order valence-electron chi connectivity index (χ2n) is 4.80. The van der Waals surface area contributed by atoms with Gasteiger partial charge in [-0.2, -0.15) is 0 Å². The first-order valence-corrected chi connectivity index (χ1v) is 6.23. The van der Waals surface area contributed by atoms with E-state index in [1.54, 1.807) is 11.9 Å². The molecule has 3 atom stereocenters. The van der Waals surface area contributed by atoms with E-state index in [1.807, 2.05) is 13.8 Å². The topological polar surface area (TPSA) is 69.6 Å². The van der Waals surface area contributed by atoms with Gasteiger partial charge in [-0.25, -0.2) is 4.79 Å². The van der Waals surface area contributed by atoms with E-state index >= 15 is 0 Å². The van der Waals surface area contributed by atoms with Crippen LogP contribution in [0.4, 0.5) is 4.79 Å². The van der Waals surface area contributed by atoms with E-state index in [1.165, 1.54) is 0 Å². The second-order valence-corrected chi connectivity index (χ2v) is 4.80. The van der Waals surface area contributed by atoms with E-state index in [4.69, 9.17) is 5.11 Å². The van der Waals surface area contributed by atoms with E-state index in [0.717, 1.165) is 19.3 Å². The standard InChI is InChI=1S/C12H22N2O3/c1-4-8(2)14(3)12(17)13-10-7-5-6-9(10)11(15)16/h8-10H,4-7H2,1-3H3,(H,13,17)(H,15,16). The summed E-state index contributed by atoms with van der Waals surface area (Å²) in [6.45, 7) is 3.99. The minimum atomic E-state index is -0.806. The molecule has 0 aromatic heterocycles. The van der Waals surface area contributed by atoms with Crippen molar-refractivity contribution in [3.63, 3.8) is 0 Å². The van der Waals surface area contributed by atoms with Crippen LogP contribution in [-0.4, -0.2) is 41.1 Å². The molecule has 0 radical (unpaired) electrons. The molecule has 98 valence electrons. The van der Waals surface area contributed by atoms with E-state index < -0.39 is 11.9 Å². The van der Waals surface area contributed by atoms with Crippen molar-refractivity contribution < 1.29 is 14.7 Å². The SMILES string of the molecule is CCC(C)N(C)C(=O)NC1CCCC1C(=O)O. The molecule has 1 rings (SSSR count). The normalized spacial score (nSPS) is 25.4. The quantitative estimate of drug-likeness (QED) is 0.788. The van der Waals surface area contributed by atoms with Crippen molar-refractivity contribution in [2.24, 2.45) is 5.92 Å². The number of hydrogen-bond donors (Lipinski definition) is 2. The van der Waals surface area contributed by atoms with E-state index in [0.29, 0.717) is 6.42 Å². The van der Waals surface area contributed by atoms with E-state index in [2.05, 4.69) is 5.32 Å². The fraction of sp³-hybridized carbons (Fsp3) is 0.833. The number of carboxylic acid groups (broad SMARTS) is 1. The molecule has 0 bridgehead atoms. The van der Waals surface area contributed by atoms with Gasteiger partial charge in [-0.15, -0.1) is 0 Å². The number of urea groups is 1. The number of nitrogens with one attached hydrogen (secondary N) is 1. The van der Waals surface area contributed by atoms with Crippen molar-refractivity contribution in [2.75, 3.05) is 7.05 Å². The van der Waals surface area contributed by atoms with Crippen LogP contribution in [0.5, 0.6) is 0 Å². The molecule has 1 saturated carbocycles. The zero-order valence-electron chi connectivity index (χ0n) is 10.8. The molecule has 5 nitrogen and oxygen atoms in total. The van der Waals surface area contributed by atoms with Gasteiger partial charge in [-0.1, -0.05) is 13.3 Å². The van der Waals surface area contributed by atoms with Crippen molar-refractivity contribution in [3.05, 3.63) is 0 Å². The van der Waals surface area contributed by atoms with Crippen LogP contribution in [0.15, 0.2) is 0 Å². The summed E-state index contributed by atoms with van der Waals surface area (Å²) in [5, 5.41) is 11.9. The number of carbonyl (C=O) groups is 2. The molecule has 3 unspecified atom stereocenters. The molecule has 0 saturated heterocycles. The molecule has 2 amide bonds. The summed E-state index contributed by atoms with van der Waals surface area (Å²) in [5.41, 5.74) is 0. The number of rotatable bonds is 4. The van der Waals surface area contributed by atoms with Crippen molar-refractivity contribution in [2.45, 2.75) is 51.6 Å². The molecule has 0 aromatic rings. The Labute approximate surface area is 102 Å². The molecular formula is C12H22N2O3. The Morgan fingerprint density at radius 3 is 2.65 bits per heavy atom. The predicted molar refractivity (Wildman–Crippen MR) is 64.8 cm³/mol. The van der Waals surface area contributed by atoms with Crippen LogP contribution in [0.1, 0.15) is 39.5 Å². The molecule has 0 spiro atoms. The molecule has 1 aliphatic carbocycles. The third kappa shape index (κ3) is 3.35. The zero-order valence-corrected chi connectivity index (χ0v) is 10.8. The average molecular weight is 242 g/mol. The lowest BCUT2D eigenvalue weighted by molar-refractivity contribution is -0.142. The van der Waals surface area contributed by atoms with Crippen molar-refractivity contribution in [1.82, 2.24) is 10.2 Å². The Balaban J connectivity index is 2.53. The maximum Gasteiger partial charge on any atom is 0.317 e. The fourth-order valence-corrected chi connectivity index (χ4v) is 2.16. The van der Waals surface area contributed by atoms with Gasteiger partial charge < -0.3 is 15.3 Å². The highest BCUT2D eigenvalue weighted by molar-refractivity contribution is 5.77. The Bertz CT molecular complexity index is 293. The smallest absolute Gasteiger partial charge is 0.317 e. The van der Waals surface area contributed by atoms with E-state index in [-0.39, 0.29) is 18.1 Å². The largest absolute Gasteiger partial charge is 0.481 e. The van der Waals surface area contributed by atoms with E-state index in [9.17, 15) is 9.59 Å². The summed E-state index contributed by atoms with van der Waals surface area (Å²) in [6.07, 6.45) is 3.18. The van der Waals surface area contributed by atoms with Gasteiger partial charge in [0.25, 0.3) is 0 Å². The second kappa shape index (κ2) is 5.89. The van der Waals surface area contributed by atoms with Crippen LogP contribution in [-0.2, 0) is 4.79 Å². The predicted octanol–water partition coefficient (Wildman–Crippen LogP) is 1.68. The average Bonchev–Trinajstić information content (AvgIpc) is 2.75. The van der Waals surface area contributed by atoms with Crippen LogP contribution in [0.25, 0.3) is 0 Å². The van der Waals surface area contributed by atoms with Crippen LogP contribution in [0, 0.1) is 5.92 Å². The monoisotopic (exact) mass is 242 g/mol. The van der Waals surface area contributed by atoms with Gasteiger partial charge in [0.05, 0.1) is 5.92 Å². The summed E-state index contributed by atoms with van der Waals surface area (Å²) in [6, 6.07) is -0.219. The van der Waals surface area contributed by atoms with Gasteiger partial charge in [-0.05, 0) is 26.2 Å². The molecule has 1 fully saturated rings. The first kappa shape index (κ1) is 13.8. The number of amides is 2. The van der Waals surface area contributed by atoms with Crippen molar-refractivity contribution in [1.29, 1.82) is 0 Å². The lowest BCUT2D eigenvalue weighted by atomic mass is 10.0. The summed E-state index contributed by atoms with van der Waals surface area (Å²) in [5.74, 6) is -1.23. The zero-order chi connectivity index (χ0) is 13.0. The lowest BCUT2D eigenvalue weighted by Gasteiger charge is -2.27. The minimum absolute atomic E-state index is 0.166. The minimum Gasteiger partial charge on any atom is -0.481 e. The highest BCUT2D eigenvalue weighted by atomic mass is 16.4. The number of aliphatic carboxylic acids is 1. The first-order valence-electron chi connectivity index (χ1n) is 6.23. The van der Waals surface area contributed by atoms with Crippen molar-refractivity contribution in [3.8, 4) is 0 Å². The lowest BCUT2D eigenvalue weighted by Crippen LogP contribution is -2.48. The van der Waals surface area contributed by atoms with Crippen LogP contribution < -0.4 is 5.32 Å². The van der Waals surface area contributed by atoms with Crippen LogP contribution in [0.3, 0.4) is 0 Å². The number of carbonyl (C=O) groups excluding carboxylic acids is 1. The third-order valence-corrected chi connectivity index (χ3v) is 3.71. The maximum absolute atomic E-state index is 11.9. The van der Waals surface area contributed by atoms with Gasteiger partial charge in [0.15, 0.2) is 0 Å². The van der Waals surface area contributed by atoms with Gasteiger partial charge in [0.1, 0.15) is 0 Å². The van der Waals surface area contributed by atoms with Crippen LogP contribution >= 0.6 is 0 Å². The molecule has 17 heavy (non-hydrogen) atoms. The fourth-order valence-electron chi connectivity index (χ4n) is 2.16. The highest BCUT2D eigenvalue weighted by Crippen LogP contribution is 2.26. The molecule has 1 aliphatic rings. The number of hydrogen-bond acceptors (Lipinski definition) is 2. The third-order valence-electron chi connectivity index (χ3n) is 3.71. The Kier molecular flexibility index (Phi) is 4.78. The number of nitrogens with zero attached hydrogens (tertiary/aromatic N) is 1. The van der Waals surface area contributed by atoms with Crippen LogP contribution in [0.2, 0.25) is 0 Å². The Hall–Kier alpha value is -1.26. The summed E-state index contributed by atoms with van der Waals surface area (Å²) in [7, 11) is 1.74. The summed E-state index contributed by atoms with van der Waals surface area (Å²) >= 11 is 0. The Morgan fingerprint density at radius 1 is 1.47 bits per heavy atom. The summed E-state index contributed by atoms with van der Waals surface area (Å²) in [4.78, 5) is 24.5. The molecule has 5 heteroatoms. The Morgan fingerprint density at radius 2 is 2.12 bits per heavy atom. The maximum atomic E-state index is 11.9.